The van der Waals surface area contributed by atoms with Crippen molar-refractivity contribution in [1.82, 2.24) is 4.90 Å². The van der Waals surface area contributed by atoms with Gasteiger partial charge in [0.1, 0.15) is 17.2 Å². The Bertz CT molecular complexity index is 697. The Kier molecular flexibility index (Phi) is 4.13. The Morgan fingerprint density at radius 1 is 1.50 bits per heavy atom. The van der Waals surface area contributed by atoms with Crippen LogP contribution in [0.3, 0.4) is 0 Å². The van der Waals surface area contributed by atoms with E-state index in [4.69, 9.17) is 14.3 Å². The third-order valence-corrected chi connectivity index (χ3v) is 3.99. The maximum Gasteiger partial charge on any atom is 0.306 e. The predicted octanol–water partition coefficient (Wildman–Crippen LogP) is 2.56. The number of hydrogen-bond donors (Lipinski definition) is 1. The van der Waals surface area contributed by atoms with Gasteiger partial charge in [-0.15, -0.1) is 0 Å². The number of benzene rings is 1. The molecule has 1 atom stereocenters. The third-order valence-electron chi connectivity index (χ3n) is 3.99. The molecule has 6 heteroatoms. The second-order valence-corrected chi connectivity index (χ2v) is 5.62. The van der Waals surface area contributed by atoms with Crippen LogP contribution in [-0.2, 0) is 16.1 Å². The number of morpholine rings is 1. The Morgan fingerprint density at radius 3 is 3.09 bits per heavy atom. The van der Waals surface area contributed by atoms with Gasteiger partial charge < -0.3 is 14.3 Å². The average Bonchev–Trinajstić information content (AvgIpc) is 2.75. The number of ether oxygens (including phenoxy) is 1. The van der Waals surface area contributed by atoms with Crippen molar-refractivity contribution in [1.29, 1.82) is 0 Å². The highest BCUT2D eigenvalue weighted by atomic mass is 19.1. The molecule has 0 saturated carbocycles. The van der Waals surface area contributed by atoms with Crippen LogP contribution >= 0.6 is 0 Å². The minimum absolute atomic E-state index is 0.000817. The summed E-state index contributed by atoms with van der Waals surface area (Å²) in [6, 6.07) is 4.49. The molecular formula is C16H18FNO4. The fourth-order valence-electron chi connectivity index (χ4n) is 2.84. The number of fused-ring (bicyclic) bond motifs is 1. The summed E-state index contributed by atoms with van der Waals surface area (Å²) in [6.45, 7) is 4.27. The number of carboxylic acids is 1. The fourth-order valence-corrected chi connectivity index (χ4v) is 2.84. The number of halogens is 1. The molecule has 3 rings (SSSR count). The Hall–Kier alpha value is -1.92. The minimum atomic E-state index is -0.859. The molecule has 0 bridgehead atoms. The zero-order chi connectivity index (χ0) is 15.7. The second-order valence-electron chi connectivity index (χ2n) is 5.62. The third kappa shape index (κ3) is 3.13. The molecule has 1 unspecified atom stereocenters. The van der Waals surface area contributed by atoms with E-state index in [1.807, 2.05) is 6.92 Å². The van der Waals surface area contributed by atoms with E-state index in [0.29, 0.717) is 25.3 Å². The van der Waals surface area contributed by atoms with Crippen molar-refractivity contribution in [3.63, 3.8) is 0 Å². The van der Waals surface area contributed by atoms with Gasteiger partial charge in [0, 0.05) is 18.5 Å². The molecule has 1 saturated heterocycles. The molecule has 1 N–H and O–H groups in total. The molecule has 1 aliphatic rings. The van der Waals surface area contributed by atoms with Gasteiger partial charge in [-0.3, -0.25) is 9.69 Å². The lowest BCUT2D eigenvalue weighted by molar-refractivity contribution is -0.142. The average molecular weight is 307 g/mol. The summed E-state index contributed by atoms with van der Waals surface area (Å²) in [4.78, 5) is 12.9. The number of carbonyl (C=O) groups is 1. The van der Waals surface area contributed by atoms with Crippen LogP contribution in [0.4, 0.5) is 4.39 Å². The van der Waals surface area contributed by atoms with Crippen LogP contribution in [0.25, 0.3) is 11.0 Å². The van der Waals surface area contributed by atoms with Gasteiger partial charge >= 0.3 is 5.97 Å². The molecule has 0 spiro atoms. The SMILES string of the molecule is Cc1c(CN2CCOC(CC(=O)O)C2)oc2ccc(F)cc12. The van der Waals surface area contributed by atoms with Gasteiger partial charge in [-0.25, -0.2) is 4.39 Å². The quantitative estimate of drug-likeness (QED) is 0.940. The first-order valence-corrected chi connectivity index (χ1v) is 7.26. The first-order chi connectivity index (χ1) is 10.5. The van der Waals surface area contributed by atoms with Crippen LogP contribution in [0.1, 0.15) is 17.7 Å². The molecule has 1 aliphatic heterocycles. The van der Waals surface area contributed by atoms with Gasteiger partial charge in [-0.1, -0.05) is 0 Å². The fraction of sp³-hybridized carbons (Fsp3) is 0.438. The highest BCUT2D eigenvalue weighted by Gasteiger charge is 2.24. The number of aryl methyl sites for hydroxylation is 1. The largest absolute Gasteiger partial charge is 0.481 e. The summed E-state index contributed by atoms with van der Waals surface area (Å²) in [5.41, 5.74) is 1.60. The van der Waals surface area contributed by atoms with Gasteiger partial charge in [0.25, 0.3) is 0 Å². The summed E-state index contributed by atoms with van der Waals surface area (Å²) >= 11 is 0. The summed E-state index contributed by atoms with van der Waals surface area (Å²) in [7, 11) is 0. The molecule has 2 aromatic rings. The van der Waals surface area contributed by atoms with Gasteiger partial charge in [0.2, 0.25) is 0 Å². The monoisotopic (exact) mass is 307 g/mol. The van der Waals surface area contributed by atoms with Crippen molar-refractivity contribution in [3.8, 4) is 0 Å². The number of furan rings is 1. The summed E-state index contributed by atoms with van der Waals surface area (Å²) in [6.07, 6.45) is -0.297. The van der Waals surface area contributed by atoms with Crippen molar-refractivity contribution < 1.29 is 23.4 Å². The summed E-state index contributed by atoms with van der Waals surface area (Å²) in [5.74, 6) is -0.352. The smallest absolute Gasteiger partial charge is 0.306 e. The zero-order valence-corrected chi connectivity index (χ0v) is 12.3. The van der Waals surface area contributed by atoms with E-state index in [1.165, 1.54) is 12.1 Å². The topological polar surface area (TPSA) is 62.9 Å². The highest BCUT2D eigenvalue weighted by Crippen LogP contribution is 2.27. The van der Waals surface area contributed by atoms with Crippen LogP contribution in [0.5, 0.6) is 0 Å². The maximum atomic E-state index is 13.3. The number of aliphatic carboxylic acids is 1. The molecule has 22 heavy (non-hydrogen) atoms. The van der Waals surface area contributed by atoms with E-state index in [1.54, 1.807) is 6.07 Å². The molecule has 0 radical (unpaired) electrons. The van der Waals surface area contributed by atoms with E-state index in [-0.39, 0.29) is 18.3 Å². The molecule has 1 aromatic heterocycles. The van der Waals surface area contributed by atoms with Crippen molar-refractivity contribution >= 4 is 16.9 Å². The summed E-state index contributed by atoms with van der Waals surface area (Å²) in [5, 5.41) is 9.64. The van der Waals surface area contributed by atoms with Crippen molar-refractivity contribution in [2.75, 3.05) is 19.7 Å². The minimum Gasteiger partial charge on any atom is -0.481 e. The van der Waals surface area contributed by atoms with Gasteiger partial charge in [-0.2, -0.15) is 0 Å². The second kappa shape index (κ2) is 6.06. The zero-order valence-electron chi connectivity index (χ0n) is 12.3. The van der Waals surface area contributed by atoms with E-state index in [0.717, 1.165) is 23.3 Å². The molecule has 0 aliphatic carbocycles. The molecule has 2 heterocycles. The lowest BCUT2D eigenvalue weighted by Gasteiger charge is -2.31. The molecule has 0 amide bonds. The van der Waals surface area contributed by atoms with Crippen LogP contribution in [0, 0.1) is 12.7 Å². The van der Waals surface area contributed by atoms with Crippen molar-refractivity contribution in [3.05, 3.63) is 35.3 Å². The lowest BCUT2D eigenvalue weighted by Crippen LogP contribution is -2.42. The first kappa shape index (κ1) is 15.0. The summed E-state index contributed by atoms with van der Waals surface area (Å²) < 4.78 is 24.6. The van der Waals surface area contributed by atoms with E-state index >= 15 is 0 Å². The van der Waals surface area contributed by atoms with Crippen molar-refractivity contribution in [2.24, 2.45) is 0 Å². The van der Waals surface area contributed by atoms with E-state index in [9.17, 15) is 9.18 Å². The molecule has 118 valence electrons. The predicted molar refractivity (Wildman–Crippen MR) is 78.2 cm³/mol. The number of hydrogen-bond acceptors (Lipinski definition) is 4. The van der Waals surface area contributed by atoms with Crippen LogP contribution < -0.4 is 0 Å². The molecule has 1 aromatic carbocycles. The molecule has 1 fully saturated rings. The highest BCUT2D eigenvalue weighted by molar-refractivity contribution is 5.82. The van der Waals surface area contributed by atoms with Crippen molar-refractivity contribution in [2.45, 2.75) is 26.0 Å². The first-order valence-electron chi connectivity index (χ1n) is 7.26. The number of nitrogens with zero attached hydrogens (tertiary/aromatic N) is 1. The Balaban J connectivity index is 1.75. The Morgan fingerprint density at radius 2 is 2.32 bits per heavy atom. The van der Waals surface area contributed by atoms with E-state index < -0.39 is 5.97 Å². The maximum absolute atomic E-state index is 13.3. The normalized spacial score (nSPS) is 19.6. The van der Waals surface area contributed by atoms with Crippen LogP contribution in [-0.4, -0.2) is 41.8 Å². The number of carboxylic acid groups (broad SMARTS) is 1. The molecule has 5 nitrogen and oxygen atoms in total. The Labute approximate surface area is 127 Å². The number of rotatable bonds is 4. The van der Waals surface area contributed by atoms with Gasteiger partial charge in [-0.05, 0) is 30.7 Å². The lowest BCUT2D eigenvalue weighted by atomic mass is 10.1. The van der Waals surface area contributed by atoms with Crippen LogP contribution in [0.2, 0.25) is 0 Å². The molecular weight excluding hydrogens is 289 g/mol. The van der Waals surface area contributed by atoms with Gasteiger partial charge in [0.05, 0.1) is 25.7 Å². The van der Waals surface area contributed by atoms with Gasteiger partial charge in [0.15, 0.2) is 0 Å². The van der Waals surface area contributed by atoms with E-state index in [2.05, 4.69) is 4.90 Å². The standard InChI is InChI=1S/C16H18FNO4/c1-10-13-6-11(17)2-3-14(13)22-15(10)9-18-4-5-21-12(8-18)7-16(19)20/h2-3,6,12H,4-5,7-9H2,1H3,(H,19,20). The van der Waals surface area contributed by atoms with Crippen LogP contribution in [0.15, 0.2) is 22.6 Å².